The van der Waals surface area contributed by atoms with Crippen molar-refractivity contribution in [2.75, 3.05) is 44.0 Å². The van der Waals surface area contributed by atoms with Gasteiger partial charge in [-0.25, -0.2) is 4.79 Å². The summed E-state index contributed by atoms with van der Waals surface area (Å²) in [6.07, 6.45) is 1.94. The van der Waals surface area contributed by atoms with Crippen LogP contribution in [0.3, 0.4) is 0 Å². The van der Waals surface area contributed by atoms with Crippen LogP contribution in [0.4, 0.5) is 16.2 Å². The van der Waals surface area contributed by atoms with Gasteiger partial charge in [0.15, 0.2) is 0 Å². The minimum absolute atomic E-state index is 0.144. The number of pyridine rings is 1. The van der Waals surface area contributed by atoms with Crippen LogP contribution in [0.1, 0.15) is 32.0 Å². The molecule has 0 spiro atoms. The second-order valence-electron chi connectivity index (χ2n) is 10.9. The largest absolute Gasteiger partial charge is 0.497 e. The van der Waals surface area contributed by atoms with E-state index in [1.54, 1.807) is 7.11 Å². The molecule has 3 aromatic carbocycles. The molecule has 7 heteroatoms. The van der Waals surface area contributed by atoms with Crippen LogP contribution in [0.2, 0.25) is 0 Å². The number of aromatic nitrogens is 1. The molecule has 0 radical (unpaired) electrons. The van der Waals surface area contributed by atoms with Gasteiger partial charge >= 0.3 is 6.03 Å². The number of rotatable bonds is 6. The van der Waals surface area contributed by atoms with Crippen LogP contribution < -0.4 is 15.4 Å². The summed E-state index contributed by atoms with van der Waals surface area (Å²) < 4.78 is 10.8. The summed E-state index contributed by atoms with van der Waals surface area (Å²) in [7, 11) is 1.62. The summed E-state index contributed by atoms with van der Waals surface area (Å²) in [5.74, 6) is 0.692. The number of methoxy groups -OCH3 is 1. The Kier molecular flexibility index (Phi) is 7.82. The topological polar surface area (TPSA) is 75.7 Å². The summed E-state index contributed by atoms with van der Waals surface area (Å²) in [4.78, 5) is 20.3. The third-order valence-electron chi connectivity index (χ3n) is 7.08. The first-order valence-electron chi connectivity index (χ1n) is 13.4. The average Bonchev–Trinajstić information content (AvgIpc) is 2.93. The van der Waals surface area contributed by atoms with Crippen LogP contribution in [0.15, 0.2) is 72.9 Å². The van der Waals surface area contributed by atoms with Gasteiger partial charge < -0.3 is 20.1 Å². The zero-order valence-corrected chi connectivity index (χ0v) is 23.1. The minimum atomic E-state index is -0.305. The zero-order valence-electron chi connectivity index (χ0n) is 23.1. The predicted octanol–water partition coefficient (Wildman–Crippen LogP) is 6.68. The smallest absolute Gasteiger partial charge is 0.323 e. The maximum absolute atomic E-state index is 13.2. The van der Waals surface area contributed by atoms with Gasteiger partial charge in [0.05, 0.1) is 31.7 Å². The fourth-order valence-corrected chi connectivity index (χ4v) is 5.01. The molecule has 2 N–H and O–H groups in total. The SMILES string of the molecule is COc1ccc(C(C)(C)C)c(NC(=O)Nc2ccc(-c3ccc(CN4CCOCC4)nc3)c3ccccc23)c1. The fraction of sp³-hybridized carbons (Fsp3) is 0.312. The van der Waals surface area contributed by atoms with Crippen LogP contribution in [-0.4, -0.2) is 49.3 Å². The second-order valence-corrected chi connectivity index (χ2v) is 10.9. The van der Waals surface area contributed by atoms with Crippen LogP contribution in [0, 0.1) is 0 Å². The van der Waals surface area contributed by atoms with E-state index < -0.39 is 0 Å². The quantitative estimate of drug-likeness (QED) is 0.294. The number of hydrogen-bond acceptors (Lipinski definition) is 5. The Labute approximate surface area is 230 Å². The fourth-order valence-electron chi connectivity index (χ4n) is 5.01. The summed E-state index contributed by atoms with van der Waals surface area (Å²) in [6, 6.07) is 21.8. The summed E-state index contributed by atoms with van der Waals surface area (Å²) in [6.45, 7) is 10.6. The summed E-state index contributed by atoms with van der Waals surface area (Å²) in [5.41, 5.74) is 5.52. The van der Waals surface area contributed by atoms with Crippen molar-refractivity contribution in [2.45, 2.75) is 32.7 Å². The molecule has 0 unspecified atom stereocenters. The van der Waals surface area contributed by atoms with Gasteiger partial charge in [-0.2, -0.15) is 0 Å². The maximum Gasteiger partial charge on any atom is 0.323 e. The molecule has 1 fully saturated rings. The van der Waals surface area contributed by atoms with E-state index in [9.17, 15) is 4.79 Å². The molecule has 0 aliphatic carbocycles. The highest BCUT2D eigenvalue weighted by molar-refractivity contribution is 6.10. The molecule has 4 aromatic rings. The highest BCUT2D eigenvalue weighted by Crippen LogP contribution is 2.35. The van der Waals surface area contributed by atoms with E-state index in [1.165, 1.54) is 0 Å². The van der Waals surface area contributed by atoms with E-state index in [0.29, 0.717) is 5.75 Å². The molecule has 1 aliphatic rings. The lowest BCUT2D eigenvalue weighted by molar-refractivity contribution is 0.0336. The van der Waals surface area contributed by atoms with E-state index in [-0.39, 0.29) is 11.4 Å². The van der Waals surface area contributed by atoms with Gasteiger partial charge in [-0.1, -0.05) is 63.2 Å². The number of nitrogens with zero attached hydrogens (tertiary/aromatic N) is 2. The van der Waals surface area contributed by atoms with Crippen molar-refractivity contribution in [3.8, 4) is 16.9 Å². The Morgan fingerprint density at radius 3 is 2.38 bits per heavy atom. The molecule has 2 amide bonds. The maximum atomic E-state index is 13.2. The summed E-state index contributed by atoms with van der Waals surface area (Å²) >= 11 is 0. The van der Waals surface area contributed by atoms with Crippen LogP contribution in [0.5, 0.6) is 5.75 Å². The number of fused-ring (bicyclic) bond motifs is 1. The molecule has 0 saturated carbocycles. The molecule has 0 atom stereocenters. The van der Waals surface area contributed by atoms with Gasteiger partial charge in [-0.3, -0.25) is 9.88 Å². The molecule has 1 aromatic heterocycles. The zero-order chi connectivity index (χ0) is 27.4. The number of carbonyl (C=O) groups excluding carboxylic acids is 1. The Morgan fingerprint density at radius 2 is 1.69 bits per heavy atom. The molecule has 202 valence electrons. The number of morpholine rings is 1. The van der Waals surface area contributed by atoms with Crippen molar-refractivity contribution >= 4 is 28.2 Å². The highest BCUT2D eigenvalue weighted by atomic mass is 16.5. The van der Waals surface area contributed by atoms with E-state index in [0.717, 1.165) is 77.4 Å². The normalized spacial score (nSPS) is 14.3. The van der Waals surface area contributed by atoms with Crippen molar-refractivity contribution in [3.05, 3.63) is 84.2 Å². The van der Waals surface area contributed by atoms with Crippen molar-refractivity contribution in [1.82, 2.24) is 9.88 Å². The van der Waals surface area contributed by atoms with Gasteiger partial charge in [0.2, 0.25) is 0 Å². The number of amides is 2. The molecule has 2 heterocycles. The van der Waals surface area contributed by atoms with Crippen molar-refractivity contribution in [3.63, 3.8) is 0 Å². The van der Waals surface area contributed by atoms with Crippen molar-refractivity contribution in [1.29, 1.82) is 0 Å². The standard InChI is InChI=1S/C32H36N4O3/c1-32(2,3)28-13-11-24(38-4)19-30(28)35-31(37)34-29-14-12-25(26-7-5-6-8-27(26)29)22-9-10-23(33-20-22)21-36-15-17-39-18-16-36/h5-14,19-20H,15-18,21H2,1-4H3,(H2,34,35,37). The Morgan fingerprint density at radius 1 is 0.949 bits per heavy atom. The van der Waals surface area contributed by atoms with Gasteiger partial charge in [-0.15, -0.1) is 0 Å². The van der Waals surface area contributed by atoms with Gasteiger partial charge in [0.25, 0.3) is 0 Å². The molecule has 7 nitrogen and oxygen atoms in total. The molecular formula is C32H36N4O3. The Hall–Kier alpha value is -3.94. The van der Waals surface area contributed by atoms with E-state index in [1.807, 2.05) is 54.7 Å². The Balaban J connectivity index is 1.37. The number of anilines is 2. The first kappa shape index (κ1) is 26.7. The van der Waals surface area contributed by atoms with Crippen LogP contribution in [-0.2, 0) is 16.7 Å². The lowest BCUT2D eigenvalue weighted by Gasteiger charge is -2.26. The molecule has 1 aliphatic heterocycles. The second kappa shape index (κ2) is 11.4. The number of benzene rings is 3. The number of ether oxygens (including phenoxy) is 2. The number of urea groups is 1. The molecule has 5 rings (SSSR count). The third-order valence-corrected chi connectivity index (χ3v) is 7.08. The van der Waals surface area contributed by atoms with Crippen molar-refractivity contribution in [2.24, 2.45) is 0 Å². The molecule has 1 saturated heterocycles. The van der Waals surface area contributed by atoms with Crippen LogP contribution in [0.25, 0.3) is 21.9 Å². The predicted molar refractivity (Wildman–Crippen MR) is 158 cm³/mol. The monoisotopic (exact) mass is 524 g/mol. The van der Waals surface area contributed by atoms with Gasteiger partial charge in [0, 0.05) is 48.5 Å². The van der Waals surface area contributed by atoms with Gasteiger partial charge in [0.1, 0.15) is 5.75 Å². The molecular weight excluding hydrogens is 488 g/mol. The minimum Gasteiger partial charge on any atom is -0.497 e. The molecule has 39 heavy (non-hydrogen) atoms. The third kappa shape index (κ3) is 6.21. The number of carbonyl (C=O) groups is 1. The Bertz CT molecular complexity index is 1460. The van der Waals surface area contributed by atoms with Gasteiger partial charge in [-0.05, 0) is 40.1 Å². The average molecular weight is 525 g/mol. The van der Waals surface area contributed by atoms with Crippen LogP contribution >= 0.6 is 0 Å². The lowest BCUT2D eigenvalue weighted by atomic mass is 9.85. The number of hydrogen-bond donors (Lipinski definition) is 2. The van der Waals surface area contributed by atoms with E-state index in [4.69, 9.17) is 14.5 Å². The lowest BCUT2D eigenvalue weighted by Crippen LogP contribution is -2.35. The van der Waals surface area contributed by atoms with Crippen molar-refractivity contribution < 1.29 is 14.3 Å². The molecule has 0 bridgehead atoms. The summed E-state index contributed by atoms with van der Waals surface area (Å²) in [5, 5.41) is 8.11. The first-order chi connectivity index (χ1) is 18.8. The first-order valence-corrected chi connectivity index (χ1v) is 13.4. The number of nitrogens with one attached hydrogen (secondary N) is 2. The highest BCUT2D eigenvalue weighted by Gasteiger charge is 2.20. The van der Waals surface area contributed by atoms with E-state index >= 15 is 0 Å². The van der Waals surface area contributed by atoms with E-state index in [2.05, 4.69) is 54.5 Å².